The Morgan fingerprint density at radius 2 is 2.07 bits per heavy atom. The number of aromatic nitrogens is 2. The van der Waals surface area contributed by atoms with Crippen molar-refractivity contribution in [2.24, 2.45) is 0 Å². The Morgan fingerprint density at radius 3 is 2.79 bits per heavy atom. The third kappa shape index (κ3) is 3.84. The van der Waals surface area contributed by atoms with Crippen LogP contribution in [0.1, 0.15) is 31.1 Å². The van der Waals surface area contributed by atoms with E-state index in [4.69, 9.17) is 4.74 Å². The highest BCUT2D eigenvalue weighted by Crippen LogP contribution is 2.39. The van der Waals surface area contributed by atoms with E-state index in [0.717, 1.165) is 12.1 Å². The number of halogens is 3. The third-order valence-corrected chi connectivity index (χ3v) is 5.01. The van der Waals surface area contributed by atoms with Gasteiger partial charge in [-0.3, -0.25) is 5.32 Å². The SMILES string of the molecule is CC1OC(=O)Nc2nccc(-c3cc(C(F)(F)F)cc(N4CCN[C@@H](C)C4)n3)c21. The number of hydrogen-bond acceptors (Lipinski definition) is 6. The topological polar surface area (TPSA) is 79.4 Å². The summed E-state index contributed by atoms with van der Waals surface area (Å²) in [6, 6.07) is 3.83. The molecule has 154 valence electrons. The summed E-state index contributed by atoms with van der Waals surface area (Å²) >= 11 is 0. The van der Waals surface area contributed by atoms with E-state index in [9.17, 15) is 18.0 Å². The van der Waals surface area contributed by atoms with Gasteiger partial charge >= 0.3 is 12.3 Å². The standard InChI is InChI=1S/C19H20F3N5O2/c1-10-9-27(6-5-23-10)15-8-12(19(20,21)22)7-14(25-15)13-3-4-24-17-16(13)11(2)29-18(28)26-17/h3-4,7-8,10-11,23H,5-6,9H2,1-2H3,(H,24,26,28)/t10-,11?/m0/s1. The smallest absolute Gasteiger partial charge is 0.416 e. The predicted octanol–water partition coefficient (Wildman–Crippen LogP) is 3.58. The van der Waals surface area contributed by atoms with Gasteiger partial charge in [0.05, 0.1) is 11.3 Å². The first-order valence-electron chi connectivity index (χ1n) is 9.27. The fraction of sp³-hybridized carbons (Fsp3) is 0.421. The molecule has 0 radical (unpaired) electrons. The van der Waals surface area contributed by atoms with Crippen LogP contribution in [-0.2, 0) is 10.9 Å². The molecule has 2 N–H and O–H groups in total. The zero-order valence-corrected chi connectivity index (χ0v) is 15.9. The van der Waals surface area contributed by atoms with Crippen LogP contribution < -0.4 is 15.5 Å². The molecule has 10 heteroatoms. The van der Waals surface area contributed by atoms with Crippen molar-refractivity contribution in [1.82, 2.24) is 15.3 Å². The lowest BCUT2D eigenvalue weighted by Gasteiger charge is -2.33. The van der Waals surface area contributed by atoms with Crippen molar-refractivity contribution >= 4 is 17.7 Å². The average Bonchev–Trinajstić information content (AvgIpc) is 2.66. The van der Waals surface area contributed by atoms with Crippen LogP contribution in [-0.4, -0.2) is 41.7 Å². The molecule has 0 saturated carbocycles. The van der Waals surface area contributed by atoms with E-state index in [2.05, 4.69) is 20.6 Å². The quantitative estimate of drug-likeness (QED) is 0.792. The lowest BCUT2D eigenvalue weighted by atomic mass is 9.99. The Balaban J connectivity index is 1.85. The molecule has 4 heterocycles. The molecule has 2 atom stereocenters. The summed E-state index contributed by atoms with van der Waals surface area (Å²) in [4.78, 5) is 22.1. The molecule has 2 aromatic rings. The molecular formula is C19H20F3N5O2. The van der Waals surface area contributed by atoms with Gasteiger partial charge in [-0.25, -0.2) is 14.8 Å². The second kappa shape index (κ2) is 7.18. The number of amides is 1. The first-order chi connectivity index (χ1) is 13.7. The summed E-state index contributed by atoms with van der Waals surface area (Å²) in [5, 5.41) is 5.76. The maximum atomic E-state index is 13.6. The van der Waals surface area contributed by atoms with Crippen molar-refractivity contribution in [3.05, 3.63) is 35.5 Å². The molecular weight excluding hydrogens is 387 g/mol. The zero-order valence-electron chi connectivity index (χ0n) is 15.9. The Morgan fingerprint density at radius 1 is 1.28 bits per heavy atom. The number of cyclic esters (lactones) is 1. The van der Waals surface area contributed by atoms with Gasteiger partial charge in [0.1, 0.15) is 17.7 Å². The summed E-state index contributed by atoms with van der Waals surface area (Å²) < 4.78 is 46.0. The third-order valence-electron chi connectivity index (χ3n) is 5.01. The van der Waals surface area contributed by atoms with Crippen LogP contribution in [0.3, 0.4) is 0 Å². The second-order valence-electron chi connectivity index (χ2n) is 7.19. The first kappa shape index (κ1) is 19.4. The number of carbonyl (C=O) groups excluding carboxylic acids is 1. The van der Waals surface area contributed by atoms with E-state index < -0.39 is 23.9 Å². The maximum absolute atomic E-state index is 13.6. The van der Waals surface area contributed by atoms with Gasteiger partial charge < -0.3 is 15.0 Å². The summed E-state index contributed by atoms with van der Waals surface area (Å²) in [5.41, 5.74) is 0.325. The molecule has 1 unspecified atom stereocenters. The van der Waals surface area contributed by atoms with Crippen molar-refractivity contribution in [3.63, 3.8) is 0 Å². The van der Waals surface area contributed by atoms with Crippen molar-refractivity contribution in [3.8, 4) is 11.3 Å². The van der Waals surface area contributed by atoms with E-state index in [1.54, 1.807) is 13.0 Å². The first-order valence-corrected chi connectivity index (χ1v) is 9.27. The molecule has 0 spiro atoms. The van der Waals surface area contributed by atoms with Crippen molar-refractivity contribution < 1.29 is 22.7 Å². The molecule has 1 fully saturated rings. The fourth-order valence-electron chi connectivity index (χ4n) is 3.67. The van der Waals surface area contributed by atoms with Crippen molar-refractivity contribution in [2.45, 2.75) is 32.2 Å². The Hall–Kier alpha value is -2.88. The molecule has 4 rings (SSSR count). The van der Waals surface area contributed by atoms with Crippen LogP contribution in [0.25, 0.3) is 11.3 Å². The van der Waals surface area contributed by atoms with Crippen LogP contribution in [0, 0.1) is 0 Å². The molecule has 2 aliphatic rings. The van der Waals surface area contributed by atoms with E-state index in [1.165, 1.54) is 6.20 Å². The van der Waals surface area contributed by atoms with Crippen LogP contribution in [0.2, 0.25) is 0 Å². The lowest BCUT2D eigenvalue weighted by Crippen LogP contribution is -2.49. The zero-order chi connectivity index (χ0) is 20.8. The predicted molar refractivity (Wildman–Crippen MR) is 101 cm³/mol. The molecule has 2 aliphatic heterocycles. The number of nitrogens with zero attached hydrogens (tertiary/aromatic N) is 3. The highest BCUT2D eigenvalue weighted by Gasteiger charge is 2.34. The lowest BCUT2D eigenvalue weighted by molar-refractivity contribution is -0.137. The molecule has 0 bridgehead atoms. The molecule has 7 nitrogen and oxygen atoms in total. The minimum absolute atomic E-state index is 0.140. The average molecular weight is 407 g/mol. The molecule has 0 aliphatic carbocycles. The van der Waals surface area contributed by atoms with Crippen LogP contribution in [0.4, 0.5) is 29.6 Å². The molecule has 29 heavy (non-hydrogen) atoms. The number of alkyl halides is 3. The Bertz CT molecular complexity index is 950. The number of anilines is 2. The van der Waals surface area contributed by atoms with Crippen molar-refractivity contribution in [2.75, 3.05) is 29.9 Å². The highest BCUT2D eigenvalue weighted by molar-refractivity contribution is 5.89. The number of fused-ring (bicyclic) bond motifs is 1. The second-order valence-corrected chi connectivity index (χ2v) is 7.19. The number of ether oxygens (including phenoxy) is 1. The summed E-state index contributed by atoms with van der Waals surface area (Å²) in [5.74, 6) is 0.532. The van der Waals surface area contributed by atoms with E-state index in [0.29, 0.717) is 30.8 Å². The fourth-order valence-corrected chi connectivity index (χ4v) is 3.67. The minimum Gasteiger partial charge on any atom is -0.441 e. The highest BCUT2D eigenvalue weighted by atomic mass is 19.4. The molecule has 1 amide bonds. The number of piperazine rings is 1. The minimum atomic E-state index is -4.52. The number of pyridine rings is 2. The maximum Gasteiger partial charge on any atom is 0.416 e. The van der Waals surface area contributed by atoms with Gasteiger partial charge in [-0.05, 0) is 32.0 Å². The van der Waals surface area contributed by atoms with Gasteiger partial charge in [-0.1, -0.05) is 0 Å². The number of hydrogen-bond donors (Lipinski definition) is 2. The van der Waals surface area contributed by atoms with E-state index >= 15 is 0 Å². The molecule has 0 aromatic carbocycles. The summed E-state index contributed by atoms with van der Waals surface area (Å²) in [6.07, 6.45) is -4.40. The Kier molecular flexibility index (Phi) is 4.81. The van der Waals surface area contributed by atoms with Gasteiger partial charge in [-0.2, -0.15) is 13.2 Å². The summed E-state index contributed by atoms with van der Waals surface area (Å²) in [7, 11) is 0. The summed E-state index contributed by atoms with van der Waals surface area (Å²) in [6.45, 7) is 5.40. The monoisotopic (exact) mass is 407 g/mol. The largest absolute Gasteiger partial charge is 0.441 e. The van der Waals surface area contributed by atoms with Gasteiger partial charge in [0.2, 0.25) is 0 Å². The molecule has 1 saturated heterocycles. The van der Waals surface area contributed by atoms with Gasteiger partial charge in [-0.15, -0.1) is 0 Å². The van der Waals surface area contributed by atoms with Crippen LogP contribution in [0.15, 0.2) is 24.4 Å². The number of nitrogens with one attached hydrogen (secondary N) is 2. The van der Waals surface area contributed by atoms with Crippen LogP contribution >= 0.6 is 0 Å². The number of carbonyl (C=O) groups is 1. The van der Waals surface area contributed by atoms with Gasteiger partial charge in [0, 0.05) is 43.0 Å². The van der Waals surface area contributed by atoms with E-state index in [-0.39, 0.29) is 23.4 Å². The van der Waals surface area contributed by atoms with Gasteiger partial charge in [0.15, 0.2) is 0 Å². The van der Waals surface area contributed by atoms with Crippen LogP contribution in [0.5, 0.6) is 0 Å². The van der Waals surface area contributed by atoms with Gasteiger partial charge in [0.25, 0.3) is 0 Å². The molecule has 2 aromatic heterocycles. The van der Waals surface area contributed by atoms with E-state index in [1.807, 2.05) is 11.8 Å². The van der Waals surface area contributed by atoms with Crippen molar-refractivity contribution in [1.29, 1.82) is 0 Å². The Labute approximate surface area is 165 Å². The number of rotatable bonds is 2. The normalized spacial score (nSPS) is 22.0.